The van der Waals surface area contributed by atoms with Crippen LogP contribution >= 0.6 is 11.6 Å². The average Bonchev–Trinajstić information content (AvgIpc) is 1.94. The van der Waals surface area contributed by atoms with Crippen molar-refractivity contribution in [3.05, 3.63) is 0 Å². The normalized spacial score (nSPS) is 25.4. The van der Waals surface area contributed by atoms with E-state index in [2.05, 4.69) is 19.0 Å². The molecule has 11 heavy (non-hydrogen) atoms. The molecule has 0 saturated carbocycles. The Hall–Kier alpha value is 0.210. The van der Waals surface area contributed by atoms with E-state index in [1.165, 1.54) is 30.7 Å². The molecule has 0 aromatic heterocycles. The van der Waals surface area contributed by atoms with E-state index in [0.717, 1.165) is 12.4 Å². The predicted octanol–water partition coefficient (Wildman–Crippen LogP) is 0.617. The average molecular weight is 178 g/mol. The largest absolute Gasteiger partial charge is 0.326 e. The van der Waals surface area contributed by atoms with Crippen LogP contribution in [0.5, 0.6) is 0 Å². The smallest absolute Gasteiger partial charge is 0.0912 e. The topological polar surface area (TPSA) is 3.24 Å². The van der Waals surface area contributed by atoms with Crippen molar-refractivity contribution >= 4 is 11.6 Å². The number of likely N-dealkylation sites (N-methyl/N-ethyl adjacent to an activating group) is 1. The van der Waals surface area contributed by atoms with Crippen LogP contribution < -0.4 is 0 Å². The summed E-state index contributed by atoms with van der Waals surface area (Å²) in [5.41, 5.74) is 0. The SMILES string of the molecule is C[N+]1(C)CCN(CCCl)CC1. The molecule has 3 heteroatoms. The van der Waals surface area contributed by atoms with Crippen LogP contribution in [-0.2, 0) is 0 Å². The van der Waals surface area contributed by atoms with E-state index >= 15 is 0 Å². The fourth-order valence-electron chi connectivity index (χ4n) is 1.39. The fraction of sp³-hybridized carbons (Fsp3) is 1.00. The molecule has 1 aliphatic heterocycles. The highest BCUT2D eigenvalue weighted by Gasteiger charge is 2.23. The molecular formula is C8H18ClN2+. The molecule has 0 spiro atoms. The number of hydrogen-bond donors (Lipinski definition) is 0. The molecule has 0 aromatic carbocycles. The van der Waals surface area contributed by atoms with Gasteiger partial charge in [0.25, 0.3) is 0 Å². The van der Waals surface area contributed by atoms with E-state index in [4.69, 9.17) is 11.6 Å². The van der Waals surface area contributed by atoms with Gasteiger partial charge in [0.15, 0.2) is 0 Å². The van der Waals surface area contributed by atoms with Gasteiger partial charge in [0.05, 0.1) is 27.2 Å². The molecule has 1 aliphatic rings. The van der Waals surface area contributed by atoms with E-state index in [9.17, 15) is 0 Å². The third-order valence-electron chi connectivity index (χ3n) is 2.44. The summed E-state index contributed by atoms with van der Waals surface area (Å²) in [4.78, 5) is 2.44. The maximum absolute atomic E-state index is 5.66. The molecule has 0 aromatic rings. The minimum absolute atomic E-state index is 0.771. The minimum Gasteiger partial charge on any atom is -0.326 e. The number of hydrogen-bond acceptors (Lipinski definition) is 1. The van der Waals surface area contributed by atoms with Crippen molar-refractivity contribution in [2.75, 3.05) is 52.7 Å². The zero-order valence-electron chi connectivity index (χ0n) is 7.52. The molecule has 0 atom stereocenters. The van der Waals surface area contributed by atoms with Gasteiger partial charge in [-0.2, -0.15) is 0 Å². The summed E-state index contributed by atoms with van der Waals surface area (Å²) in [6, 6.07) is 0. The standard InChI is InChI=1S/C8H18ClN2/c1-11(2)7-5-10(4-3-9)6-8-11/h3-8H2,1-2H3/q+1. The van der Waals surface area contributed by atoms with E-state index < -0.39 is 0 Å². The molecule has 0 amide bonds. The zero-order chi connectivity index (χ0) is 8.32. The van der Waals surface area contributed by atoms with Gasteiger partial charge >= 0.3 is 0 Å². The Labute approximate surface area is 74.3 Å². The lowest BCUT2D eigenvalue weighted by Gasteiger charge is -2.38. The number of rotatable bonds is 2. The fourth-order valence-corrected chi connectivity index (χ4v) is 1.63. The van der Waals surface area contributed by atoms with Gasteiger partial charge in [-0.15, -0.1) is 11.6 Å². The summed E-state index contributed by atoms with van der Waals surface area (Å²) in [5.74, 6) is 0.771. The lowest BCUT2D eigenvalue weighted by atomic mass is 10.3. The highest BCUT2D eigenvalue weighted by Crippen LogP contribution is 2.05. The maximum Gasteiger partial charge on any atom is 0.0912 e. The maximum atomic E-state index is 5.66. The molecule has 0 aliphatic carbocycles. The van der Waals surface area contributed by atoms with E-state index in [-0.39, 0.29) is 0 Å². The first-order chi connectivity index (χ1) is 5.14. The molecule has 1 rings (SSSR count). The first kappa shape index (κ1) is 9.30. The third-order valence-corrected chi connectivity index (χ3v) is 2.61. The second-order valence-electron chi connectivity index (χ2n) is 3.91. The molecular weight excluding hydrogens is 160 g/mol. The molecule has 0 radical (unpaired) electrons. The summed E-state index contributed by atoms with van der Waals surface area (Å²) in [5, 5.41) is 0. The van der Waals surface area contributed by atoms with Crippen molar-refractivity contribution in [1.82, 2.24) is 4.90 Å². The number of quaternary nitrogens is 1. The monoisotopic (exact) mass is 177 g/mol. The molecule has 2 nitrogen and oxygen atoms in total. The van der Waals surface area contributed by atoms with Gasteiger partial charge in [-0.25, -0.2) is 0 Å². The first-order valence-electron chi connectivity index (χ1n) is 4.24. The van der Waals surface area contributed by atoms with Crippen LogP contribution in [0.15, 0.2) is 0 Å². The van der Waals surface area contributed by atoms with Crippen molar-refractivity contribution in [2.45, 2.75) is 0 Å². The van der Waals surface area contributed by atoms with Crippen LogP contribution in [0.1, 0.15) is 0 Å². The van der Waals surface area contributed by atoms with Gasteiger partial charge in [0.1, 0.15) is 0 Å². The van der Waals surface area contributed by atoms with Crippen molar-refractivity contribution < 1.29 is 4.48 Å². The Kier molecular flexibility index (Phi) is 3.16. The second kappa shape index (κ2) is 3.74. The van der Waals surface area contributed by atoms with Gasteiger partial charge in [0, 0.05) is 25.5 Å². The van der Waals surface area contributed by atoms with Crippen molar-refractivity contribution in [2.24, 2.45) is 0 Å². The predicted molar refractivity (Wildman–Crippen MR) is 49.0 cm³/mol. The lowest BCUT2D eigenvalue weighted by molar-refractivity contribution is -0.894. The summed E-state index contributed by atoms with van der Waals surface area (Å²) in [7, 11) is 4.58. The lowest BCUT2D eigenvalue weighted by Crippen LogP contribution is -2.54. The second-order valence-corrected chi connectivity index (χ2v) is 4.29. The van der Waals surface area contributed by atoms with E-state index in [1.807, 2.05) is 0 Å². The van der Waals surface area contributed by atoms with Gasteiger partial charge in [-0.05, 0) is 0 Å². The van der Waals surface area contributed by atoms with Gasteiger partial charge in [-0.1, -0.05) is 0 Å². The molecule has 0 unspecified atom stereocenters. The summed E-state index contributed by atoms with van der Waals surface area (Å²) < 4.78 is 1.17. The Morgan fingerprint density at radius 3 is 2.27 bits per heavy atom. The van der Waals surface area contributed by atoms with E-state index in [0.29, 0.717) is 0 Å². The highest BCUT2D eigenvalue weighted by atomic mass is 35.5. The number of piperazine rings is 1. The van der Waals surface area contributed by atoms with Crippen LogP contribution in [0.25, 0.3) is 0 Å². The Morgan fingerprint density at radius 1 is 1.27 bits per heavy atom. The molecule has 0 bridgehead atoms. The van der Waals surface area contributed by atoms with Crippen molar-refractivity contribution in [1.29, 1.82) is 0 Å². The van der Waals surface area contributed by atoms with Crippen molar-refractivity contribution in [3.63, 3.8) is 0 Å². The Balaban J connectivity index is 2.25. The third kappa shape index (κ3) is 2.97. The number of halogens is 1. The van der Waals surface area contributed by atoms with E-state index in [1.54, 1.807) is 0 Å². The summed E-state index contributed by atoms with van der Waals surface area (Å²) in [6.45, 7) is 5.99. The number of nitrogens with zero attached hydrogens (tertiary/aromatic N) is 2. The van der Waals surface area contributed by atoms with Gasteiger partial charge in [0.2, 0.25) is 0 Å². The van der Waals surface area contributed by atoms with Crippen LogP contribution in [0.2, 0.25) is 0 Å². The zero-order valence-corrected chi connectivity index (χ0v) is 8.27. The van der Waals surface area contributed by atoms with Crippen molar-refractivity contribution in [3.8, 4) is 0 Å². The summed E-state index contributed by atoms with van der Waals surface area (Å²) in [6.07, 6.45) is 0. The quantitative estimate of drug-likeness (QED) is 0.442. The van der Waals surface area contributed by atoms with Crippen LogP contribution in [0.3, 0.4) is 0 Å². The van der Waals surface area contributed by atoms with Crippen LogP contribution in [0.4, 0.5) is 0 Å². The Bertz CT molecular complexity index is 115. The molecule has 0 N–H and O–H groups in total. The first-order valence-corrected chi connectivity index (χ1v) is 4.78. The molecule has 1 saturated heterocycles. The van der Waals surface area contributed by atoms with Gasteiger partial charge < -0.3 is 4.48 Å². The molecule has 1 fully saturated rings. The molecule has 1 heterocycles. The summed E-state index contributed by atoms with van der Waals surface area (Å²) >= 11 is 5.66. The molecule has 66 valence electrons. The van der Waals surface area contributed by atoms with Crippen LogP contribution in [-0.4, -0.2) is 62.1 Å². The highest BCUT2D eigenvalue weighted by molar-refractivity contribution is 6.18. The minimum atomic E-state index is 0.771. The Morgan fingerprint density at radius 2 is 1.82 bits per heavy atom. The number of alkyl halides is 1. The van der Waals surface area contributed by atoms with Gasteiger partial charge in [-0.3, -0.25) is 4.90 Å². The van der Waals surface area contributed by atoms with Crippen LogP contribution in [0, 0.1) is 0 Å².